The van der Waals surface area contributed by atoms with Gasteiger partial charge in [0.15, 0.2) is 0 Å². The lowest BCUT2D eigenvalue weighted by atomic mass is 9.85. The number of benzene rings is 3. The molecule has 2 aliphatic rings. The van der Waals surface area contributed by atoms with Gasteiger partial charge in [-0.2, -0.15) is 0 Å². The van der Waals surface area contributed by atoms with E-state index in [1.165, 1.54) is 15.4 Å². The third kappa shape index (κ3) is 5.43. The van der Waals surface area contributed by atoms with Crippen LogP contribution in [0.25, 0.3) is 11.1 Å². The molecule has 1 unspecified atom stereocenters. The van der Waals surface area contributed by atoms with E-state index in [0.717, 1.165) is 22.3 Å². The van der Waals surface area contributed by atoms with Gasteiger partial charge < -0.3 is 15.5 Å². The molecule has 0 saturated heterocycles. The van der Waals surface area contributed by atoms with Crippen molar-refractivity contribution in [1.29, 1.82) is 0 Å². The molecule has 7 nitrogen and oxygen atoms in total. The highest BCUT2D eigenvalue weighted by atomic mass is 16.2. The first-order chi connectivity index (χ1) is 18.6. The molecule has 0 aliphatic carbocycles. The average Bonchev–Trinajstić information content (AvgIpc) is 3.25. The Labute approximate surface area is 229 Å². The Morgan fingerprint density at radius 2 is 1.56 bits per heavy atom. The van der Waals surface area contributed by atoms with Gasteiger partial charge in [-0.1, -0.05) is 99.6 Å². The van der Waals surface area contributed by atoms with Crippen molar-refractivity contribution in [2.24, 2.45) is 0 Å². The summed E-state index contributed by atoms with van der Waals surface area (Å²) in [6.45, 7) is 6.93. The van der Waals surface area contributed by atoms with E-state index in [1.807, 2.05) is 66.7 Å². The predicted octanol–water partition coefficient (Wildman–Crippen LogP) is 4.76. The topological polar surface area (TPSA) is 81.8 Å². The molecule has 0 fully saturated rings. The highest BCUT2D eigenvalue weighted by molar-refractivity contribution is 6.02. The third-order valence-corrected chi connectivity index (χ3v) is 7.43. The molecule has 2 N–H and O–H groups in total. The first kappa shape index (κ1) is 26.2. The highest BCUT2D eigenvalue weighted by Gasteiger charge is 2.43. The predicted molar refractivity (Wildman–Crippen MR) is 152 cm³/mol. The van der Waals surface area contributed by atoms with Crippen LogP contribution in [-0.2, 0) is 21.5 Å². The minimum Gasteiger partial charge on any atom is -0.350 e. The summed E-state index contributed by atoms with van der Waals surface area (Å²) in [5, 5.41) is 5.88. The van der Waals surface area contributed by atoms with Crippen LogP contribution in [0.4, 0.5) is 4.79 Å². The van der Waals surface area contributed by atoms with Crippen LogP contribution in [0.15, 0.2) is 90.1 Å². The van der Waals surface area contributed by atoms with Crippen molar-refractivity contribution in [2.45, 2.75) is 38.8 Å². The van der Waals surface area contributed by atoms with Crippen LogP contribution in [0.1, 0.15) is 43.5 Å². The van der Waals surface area contributed by atoms with Crippen molar-refractivity contribution in [3.8, 4) is 11.1 Å². The summed E-state index contributed by atoms with van der Waals surface area (Å²) in [5.41, 5.74) is 6.39. The van der Waals surface area contributed by atoms with Gasteiger partial charge in [0.2, 0.25) is 5.91 Å². The Hall–Kier alpha value is -4.39. The largest absolute Gasteiger partial charge is 0.350 e. The lowest BCUT2D eigenvalue weighted by Crippen LogP contribution is -2.45. The van der Waals surface area contributed by atoms with Gasteiger partial charge in [0, 0.05) is 13.6 Å². The van der Waals surface area contributed by atoms with Gasteiger partial charge in [0.05, 0.1) is 23.9 Å². The number of hydrogen-bond acceptors (Lipinski definition) is 3. The summed E-state index contributed by atoms with van der Waals surface area (Å²) < 4.78 is 0. The van der Waals surface area contributed by atoms with Gasteiger partial charge >= 0.3 is 6.03 Å². The van der Waals surface area contributed by atoms with Crippen LogP contribution < -0.4 is 10.6 Å². The molecule has 3 aromatic carbocycles. The number of amides is 4. The van der Waals surface area contributed by atoms with E-state index in [1.54, 1.807) is 7.05 Å². The van der Waals surface area contributed by atoms with Crippen molar-refractivity contribution in [3.05, 3.63) is 107 Å². The molecule has 7 heteroatoms. The summed E-state index contributed by atoms with van der Waals surface area (Å²) in [7, 11) is 1.65. The van der Waals surface area contributed by atoms with Crippen LogP contribution in [0.3, 0.4) is 0 Å². The van der Waals surface area contributed by atoms with E-state index < -0.39 is 6.04 Å². The second-order valence-corrected chi connectivity index (χ2v) is 11.2. The monoisotopic (exact) mass is 522 g/mol. The van der Waals surface area contributed by atoms with Gasteiger partial charge in [-0.25, -0.2) is 4.79 Å². The van der Waals surface area contributed by atoms with Crippen molar-refractivity contribution in [3.63, 3.8) is 0 Å². The van der Waals surface area contributed by atoms with Crippen LogP contribution in [0.2, 0.25) is 0 Å². The normalized spacial score (nSPS) is 17.3. The fourth-order valence-electron chi connectivity index (χ4n) is 5.05. The smallest absolute Gasteiger partial charge is 0.322 e. The minimum atomic E-state index is -0.554. The van der Waals surface area contributed by atoms with E-state index in [2.05, 4.69) is 43.5 Å². The number of rotatable bonds is 6. The molecule has 2 aliphatic heterocycles. The zero-order valence-electron chi connectivity index (χ0n) is 22.8. The molecule has 0 aromatic heterocycles. The highest BCUT2D eigenvalue weighted by Crippen LogP contribution is 2.36. The van der Waals surface area contributed by atoms with Crippen molar-refractivity contribution >= 4 is 17.8 Å². The van der Waals surface area contributed by atoms with Crippen LogP contribution >= 0.6 is 0 Å². The molecule has 1 atom stereocenters. The quantitative estimate of drug-likeness (QED) is 0.490. The maximum Gasteiger partial charge on any atom is 0.322 e. The fraction of sp³-hybridized carbons (Fsp3) is 0.281. The molecular weight excluding hydrogens is 488 g/mol. The van der Waals surface area contributed by atoms with Crippen LogP contribution in [0.5, 0.6) is 0 Å². The number of nitrogens with zero attached hydrogens (tertiary/aromatic N) is 2. The zero-order chi connectivity index (χ0) is 27.7. The number of carbonyl (C=O) groups excluding carboxylic acids is 3. The zero-order valence-corrected chi connectivity index (χ0v) is 22.8. The standard InChI is InChI=1S/C32H34N4O3/c1-32(2,3)25-16-14-24(15-17-25)29-28-26(35(4)31(39)34-29)19-36(30(28)38)20-27(37)33-18-21-10-12-23(13-11-21)22-8-6-5-7-9-22/h5-17,29H,18-20H2,1-4H3,(H,33,37)(H,34,39). The van der Waals surface area contributed by atoms with Gasteiger partial charge in [-0.3, -0.25) is 14.5 Å². The Morgan fingerprint density at radius 3 is 2.21 bits per heavy atom. The Balaban J connectivity index is 1.24. The Morgan fingerprint density at radius 1 is 0.923 bits per heavy atom. The molecule has 0 saturated carbocycles. The number of nitrogens with one attached hydrogen (secondary N) is 2. The van der Waals surface area contributed by atoms with Crippen LogP contribution in [0, 0.1) is 0 Å². The van der Waals surface area contributed by atoms with Crippen molar-refractivity contribution in [1.82, 2.24) is 20.4 Å². The maximum absolute atomic E-state index is 13.5. The Kier molecular flexibility index (Phi) is 7.00. The molecule has 0 bridgehead atoms. The molecule has 4 amide bonds. The van der Waals surface area contributed by atoms with E-state index in [4.69, 9.17) is 0 Å². The third-order valence-electron chi connectivity index (χ3n) is 7.43. The van der Waals surface area contributed by atoms with Gasteiger partial charge in [0.25, 0.3) is 5.91 Å². The second kappa shape index (κ2) is 10.4. The number of likely N-dealkylation sites (N-methyl/N-ethyl adjacent to an activating group) is 1. The molecule has 39 heavy (non-hydrogen) atoms. The van der Waals surface area contributed by atoms with Crippen molar-refractivity contribution < 1.29 is 14.4 Å². The molecule has 0 spiro atoms. The SMILES string of the molecule is CN1C(=O)NC(c2ccc(C(C)(C)C)cc2)C2=C1CN(CC(=O)NCc1ccc(-c3ccccc3)cc1)C2=O. The van der Waals surface area contributed by atoms with Gasteiger partial charge in [0.1, 0.15) is 6.54 Å². The Bertz CT molecular complexity index is 1420. The van der Waals surface area contributed by atoms with Gasteiger partial charge in [-0.05, 0) is 33.2 Å². The fourth-order valence-corrected chi connectivity index (χ4v) is 5.05. The summed E-state index contributed by atoms with van der Waals surface area (Å²) in [5.74, 6) is -0.479. The maximum atomic E-state index is 13.5. The molecule has 2 heterocycles. The summed E-state index contributed by atoms with van der Waals surface area (Å²) in [6, 6.07) is 25.4. The molecule has 3 aromatic rings. The average molecular weight is 523 g/mol. The van der Waals surface area contributed by atoms with E-state index in [-0.39, 0.29) is 36.3 Å². The lowest BCUT2D eigenvalue weighted by molar-refractivity contribution is -0.132. The minimum absolute atomic E-state index is 0.00371. The first-order valence-corrected chi connectivity index (χ1v) is 13.2. The summed E-state index contributed by atoms with van der Waals surface area (Å²) in [6.07, 6.45) is 0. The molecule has 0 radical (unpaired) electrons. The molecule has 200 valence electrons. The van der Waals surface area contributed by atoms with Crippen molar-refractivity contribution in [2.75, 3.05) is 20.1 Å². The lowest BCUT2D eigenvalue weighted by Gasteiger charge is -2.31. The number of carbonyl (C=O) groups is 3. The molecular formula is C32H34N4O3. The van der Waals surface area contributed by atoms with E-state index in [0.29, 0.717) is 17.8 Å². The van der Waals surface area contributed by atoms with E-state index in [9.17, 15) is 14.4 Å². The van der Waals surface area contributed by atoms with Gasteiger partial charge in [-0.15, -0.1) is 0 Å². The molecule has 5 rings (SSSR count). The number of urea groups is 1. The second-order valence-electron chi connectivity index (χ2n) is 11.2. The van der Waals surface area contributed by atoms with Crippen LogP contribution in [-0.4, -0.2) is 47.8 Å². The summed E-state index contributed by atoms with van der Waals surface area (Å²) in [4.78, 5) is 42.0. The summed E-state index contributed by atoms with van der Waals surface area (Å²) >= 11 is 0. The number of hydrogen-bond donors (Lipinski definition) is 2. The first-order valence-electron chi connectivity index (χ1n) is 13.2. The van der Waals surface area contributed by atoms with E-state index >= 15 is 0 Å².